The number of ether oxygens (including phenoxy) is 2. The van der Waals surface area contributed by atoms with Gasteiger partial charge < -0.3 is 9.47 Å². The lowest BCUT2D eigenvalue weighted by Gasteiger charge is -2.18. The predicted octanol–water partition coefficient (Wildman–Crippen LogP) is 4.45. The summed E-state index contributed by atoms with van der Waals surface area (Å²) in [5, 5.41) is 3.21. The average molecular weight is 346 g/mol. The molecular weight excluding hydrogens is 320 g/mol. The van der Waals surface area contributed by atoms with E-state index in [1.807, 2.05) is 19.1 Å². The molecule has 1 fully saturated rings. The zero-order valence-corrected chi connectivity index (χ0v) is 15.6. The number of rotatable bonds is 9. The molecule has 0 saturated heterocycles. The van der Waals surface area contributed by atoms with Crippen LogP contribution in [0.2, 0.25) is 0 Å². The summed E-state index contributed by atoms with van der Waals surface area (Å²) in [6.45, 7) is 8.07. The monoisotopic (exact) mass is 346 g/mol. The SMILES string of the molecule is CCOc1ccc(-c2nc(CN(CC)CC3CC3)cs2)cc1OC. The van der Waals surface area contributed by atoms with Gasteiger partial charge in [0.1, 0.15) is 5.01 Å². The van der Waals surface area contributed by atoms with Crippen molar-refractivity contribution in [3.05, 3.63) is 29.3 Å². The number of thiazole rings is 1. The van der Waals surface area contributed by atoms with E-state index in [0.717, 1.165) is 46.8 Å². The molecular formula is C19H26N2O2S. The van der Waals surface area contributed by atoms with E-state index in [2.05, 4.69) is 23.3 Å². The van der Waals surface area contributed by atoms with Gasteiger partial charge in [0, 0.05) is 24.0 Å². The van der Waals surface area contributed by atoms with E-state index >= 15 is 0 Å². The molecule has 1 aliphatic carbocycles. The van der Waals surface area contributed by atoms with Crippen LogP contribution in [0.15, 0.2) is 23.6 Å². The quantitative estimate of drug-likeness (QED) is 0.672. The minimum atomic E-state index is 0.630. The minimum absolute atomic E-state index is 0.630. The zero-order chi connectivity index (χ0) is 16.9. The van der Waals surface area contributed by atoms with Crippen molar-refractivity contribution in [2.45, 2.75) is 33.2 Å². The summed E-state index contributed by atoms with van der Waals surface area (Å²) in [4.78, 5) is 7.32. The molecule has 0 aliphatic heterocycles. The number of aromatic nitrogens is 1. The van der Waals surface area contributed by atoms with Crippen molar-refractivity contribution >= 4 is 11.3 Å². The highest BCUT2D eigenvalue weighted by molar-refractivity contribution is 7.13. The molecule has 0 bridgehead atoms. The molecule has 0 N–H and O–H groups in total. The van der Waals surface area contributed by atoms with Gasteiger partial charge in [0.2, 0.25) is 0 Å². The third-order valence-corrected chi connectivity index (χ3v) is 5.25. The average Bonchev–Trinajstić information content (AvgIpc) is 3.30. The van der Waals surface area contributed by atoms with Crippen molar-refractivity contribution in [3.63, 3.8) is 0 Å². The second-order valence-corrected chi connectivity index (χ2v) is 7.07. The molecule has 4 nitrogen and oxygen atoms in total. The smallest absolute Gasteiger partial charge is 0.161 e. The maximum Gasteiger partial charge on any atom is 0.161 e. The third kappa shape index (κ3) is 4.28. The van der Waals surface area contributed by atoms with Gasteiger partial charge in [0.15, 0.2) is 11.5 Å². The minimum Gasteiger partial charge on any atom is -0.493 e. The first kappa shape index (κ1) is 17.2. The molecule has 3 rings (SSSR count). The Balaban J connectivity index is 1.72. The van der Waals surface area contributed by atoms with Gasteiger partial charge >= 0.3 is 0 Å². The molecule has 1 aromatic heterocycles. The van der Waals surface area contributed by atoms with Gasteiger partial charge in [0.05, 0.1) is 19.4 Å². The van der Waals surface area contributed by atoms with Crippen LogP contribution in [0.3, 0.4) is 0 Å². The molecule has 24 heavy (non-hydrogen) atoms. The largest absolute Gasteiger partial charge is 0.493 e. The van der Waals surface area contributed by atoms with E-state index in [1.165, 1.54) is 19.4 Å². The van der Waals surface area contributed by atoms with Gasteiger partial charge in [-0.3, -0.25) is 4.90 Å². The fourth-order valence-electron chi connectivity index (χ4n) is 2.79. The summed E-state index contributed by atoms with van der Waals surface area (Å²) in [6, 6.07) is 6.03. The Morgan fingerprint density at radius 1 is 1.25 bits per heavy atom. The molecule has 0 radical (unpaired) electrons. The van der Waals surface area contributed by atoms with Gasteiger partial charge in [-0.1, -0.05) is 6.92 Å². The molecule has 2 aromatic rings. The highest BCUT2D eigenvalue weighted by atomic mass is 32.1. The Morgan fingerprint density at radius 3 is 2.75 bits per heavy atom. The molecule has 130 valence electrons. The van der Waals surface area contributed by atoms with Crippen LogP contribution in [0.25, 0.3) is 10.6 Å². The second kappa shape index (κ2) is 7.99. The zero-order valence-electron chi connectivity index (χ0n) is 14.7. The second-order valence-electron chi connectivity index (χ2n) is 6.21. The van der Waals surface area contributed by atoms with E-state index < -0.39 is 0 Å². The Hall–Kier alpha value is -1.59. The maximum atomic E-state index is 5.59. The lowest BCUT2D eigenvalue weighted by atomic mass is 10.2. The van der Waals surface area contributed by atoms with Crippen LogP contribution in [0.1, 0.15) is 32.4 Å². The van der Waals surface area contributed by atoms with Gasteiger partial charge in [-0.15, -0.1) is 11.3 Å². The number of benzene rings is 1. The summed E-state index contributed by atoms with van der Waals surface area (Å²) < 4.78 is 11.0. The van der Waals surface area contributed by atoms with E-state index in [9.17, 15) is 0 Å². The summed E-state index contributed by atoms with van der Waals surface area (Å²) in [7, 11) is 1.67. The van der Waals surface area contributed by atoms with Crippen molar-refractivity contribution < 1.29 is 9.47 Å². The molecule has 0 amide bonds. The lowest BCUT2D eigenvalue weighted by Crippen LogP contribution is -2.25. The molecule has 1 aromatic carbocycles. The van der Waals surface area contributed by atoms with Crippen molar-refractivity contribution in [1.82, 2.24) is 9.88 Å². The number of methoxy groups -OCH3 is 1. The van der Waals surface area contributed by atoms with Crippen molar-refractivity contribution in [2.24, 2.45) is 5.92 Å². The summed E-state index contributed by atoms with van der Waals surface area (Å²) in [6.07, 6.45) is 2.79. The Kier molecular flexibility index (Phi) is 5.74. The van der Waals surface area contributed by atoms with Gasteiger partial charge in [-0.2, -0.15) is 0 Å². The Bertz CT molecular complexity index is 667. The van der Waals surface area contributed by atoms with Crippen LogP contribution in [-0.2, 0) is 6.54 Å². The number of nitrogens with zero attached hydrogens (tertiary/aromatic N) is 2. The van der Waals surface area contributed by atoms with Crippen LogP contribution in [0, 0.1) is 5.92 Å². The lowest BCUT2D eigenvalue weighted by molar-refractivity contribution is 0.266. The molecule has 1 heterocycles. The van der Waals surface area contributed by atoms with Crippen LogP contribution < -0.4 is 9.47 Å². The highest BCUT2D eigenvalue weighted by Gasteiger charge is 2.24. The number of hydrogen-bond acceptors (Lipinski definition) is 5. The topological polar surface area (TPSA) is 34.6 Å². The Labute approximate surface area is 148 Å². The molecule has 1 saturated carbocycles. The standard InChI is InChI=1S/C19H26N2O2S/c1-4-21(11-14-6-7-14)12-16-13-24-19(20-16)15-8-9-17(23-5-2)18(10-15)22-3/h8-10,13-14H,4-7,11-12H2,1-3H3. The number of hydrogen-bond donors (Lipinski definition) is 0. The van der Waals surface area contributed by atoms with Gasteiger partial charge in [-0.25, -0.2) is 4.98 Å². The normalized spacial score (nSPS) is 14.2. The fraction of sp³-hybridized carbons (Fsp3) is 0.526. The predicted molar refractivity (Wildman–Crippen MR) is 98.9 cm³/mol. The first-order valence-corrected chi connectivity index (χ1v) is 9.59. The third-order valence-electron chi connectivity index (χ3n) is 4.31. The molecule has 0 unspecified atom stereocenters. The van der Waals surface area contributed by atoms with Crippen LogP contribution in [0.4, 0.5) is 0 Å². The first-order chi connectivity index (χ1) is 11.7. The van der Waals surface area contributed by atoms with Crippen LogP contribution in [-0.4, -0.2) is 36.7 Å². The van der Waals surface area contributed by atoms with Crippen molar-refractivity contribution in [1.29, 1.82) is 0 Å². The molecule has 5 heteroatoms. The summed E-state index contributed by atoms with van der Waals surface area (Å²) in [5.41, 5.74) is 2.24. The fourth-order valence-corrected chi connectivity index (χ4v) is 3.60. The Morgan fingerprint density at radius 2 is 2.08 bits per heavy atom. The van der Waals surface area contributed by atoms with Gasteiger partial charge in [0.25, 0.3) is 0 Å². The van der Waals surface area contributed by atoms with Gasteiger partial charge in [-0.05, 0) is 50.4 Å². The summed E-state index contributed by atoms with van der Waals surface area (Å²) in [5.74, 6) is 2.45. The van der Waals surface area contributed by atoms with E-state index in [0.29, 0.717) is 6.61 Å². The highest BCUT2D eigenvalue weighted by Crippen LogP contribution is 2.34. The van der Waals surface area contributed by atoms with Crippen LogP contribution in [0.5, 0.6) is 11.5 Å². The summed E-state index contributed by atoms with van der Waals surface area (Å²) >= 11 is 1.69. The first-order valence-electron chi connectivity index (χ1n) is 8.71. The molecule has 0 atom stereocenters. The molecule has 1 aliphatic rings. The van der Waals surface area contributed by atoms with Crippen molar-refractivity contribution in [3.8, 4) is 22.1 Å². The van der Waals surface area contributed by atoms with E-state index in [4.69, 9.17) is 14.5 Å². The van der Waals surface area contributed by atoms with E-state index in [1.54, 1.807) is 18.4 Å². The van der Waals surface area contributed by atoms with Crippen molar-refractivity contribution in [2.75, 3.05) is 26.8 Å². The maximum absolute atomic E-state index is 5.59. The molecule has 0 spiro atoms. The van der Waals surface area contributed by atoms with Crippen LogP contribution >= 0.6 is 11.3 Å². The van der Waals surface area contributed by atoms with E-state index in [-0.39, 0.29) is 0 Å².